The molecular weight excluding hydrogens is 368 g/mol. The first-order chi connectivity index (χ1) is 13.8. The SMILES string of the molecule is O=C(CSc1nccn1-c1ccccc1)NC1CCN(Cc2ccccc2)C1. The first-order valence-electron chi connectivity index (χ1n) is 9.55. The van der Waals surface area contributed by atoms with Gasteiger partial charge in [0.2, 0.25) is 5.91 Å². The minimum absolute atomic E-state index is 0.0687. The maximum atomic E-state index is 12.4. The number of aromatic nitrogens is 2. The molecule has 2 aromatic carbocycles. The second kappa shape index (κ2) is 9.08. The fourth-order valence-corrected chi connectivity index (χ4v) is 4.30. The second-order valence-electron chi connectivity index (χ2n) is 6.98. The number of likely N-dealkylation sites (tertiary alicyclic amines) is 1. The number of carbonyl (C=O) groups excluding carboxylic acids is 1. The molecule has 1 atom stereocenters. The normalized spacial score (nSPS) is 16.9. The van der Waals surface area contributed by atoms with Crippen molar-refractivity contribution in [1.82, 2.24) is 19.8 Å². The zero-order valence-corrected chi connectivity index (χ0v) is 16.5. The summed E-state index contributed by atoms with van der Waals surface area (Å²) >= 11 is 1.47. The van der Waals surface area contributed by atoms with E-state index in [0.29, 0.717) is 5.75 Å². The smallest absolute Gasteiger partial charge is 0.230 e. The summed E-state index contributed by atoms with van der Waals surface area (Å²) in [6, 6.07) is 20.8. The van der Waals surface area contributed by atoms with Gasteiger partial charge in [0.1, 0.15) is 0 Å². The molecule has 1 aromatic heterocycles. The molecule has 0 bridgehead atoms. The molecular formula is C22H24N4OS. The maximum absolute atomic E-state index is 12.4. The minimum Gasteiger partial charge on any atom is -0.351 e. The van der Waals surface area contributed by atoms with Crippen LogP contribution in [0.15, 0.2) is 78.2 Å². The van der Waals surface area contributed by atoms with Crippen LogP contribution in [-0.2, 0) is 11.3 Å². The molecule has 0 spiro atoms. The first kappa shape index (κ1) is 18.8. The first-order valence-corrected chi connectivity index (χ1v) is 10.5. The molecule has 1 fully saturated rings. The summed E-state index contributed by atoms with van der Waals surface area (Å²) in [6.07, 6.45) is 4.70. The monoisotopic (exact) mass is 392 g/mol. The van der Waals surface area contributed by atoms with Crippen LogP contribution in [0.4, 0.5) is 0 Å². The summed E-state index contributed by atoms with van der Waals surface area (Å²) in [6.45, 7) is 2.87. The van der Waals surface area contributed by atoms with Gasteiger partial charge in [-0.15, -0.1) is 0 Å². The Labute approximate surface area is 169 Å². The second-order valence-corrected chi connectivity index (χ2v) is 7.92. The third kappa shape index (κ3) is 4.82. The number of hydrogen-bond donors (Lipinski definition) is 1. The van der Waals surface area contributed by atoms with Crippen molar-refractivity contribution in [2.75, 3.05) is 18.8 Å². The summed E-state index contributed by atoms with van der Waals surface area (Å²) in [5, 5.41) is 4.01. The van der Waals surface area contributed by atoms with Gasteiger partial charge >= 0.3 is 0 Å². The third-order valence-corrected chi connectivity index (χ3v) is 5.83. The van der Waals surface area contributed by atoms with Crippen molar-refractivity contribution in [1.29, 1.82) is 0 Å². The summed E-state index contributed by atoms with van der Waals surface area (Å²) in [5.41, 5.74) is 2.37. The van der Waals surface area contributed by atoms with Gasteiger partial charge in [0.05, 0.1) is 5.75 Å². The van der Waals surface area contributed by atoms with Crippen LogP contribution in [0.5, 0.6) is 0 Å². The molecule has 6 heteroatoms. The number of rotatable bonds is 7. The molecule has 2 heterocycles. The lowest BCUT2D eigenvalue weighted by molar-refractivity contribution is -0.119. The van der Waals surface area contributed by atoms with Crippen molar-refractivity contribution in [3.63, 3.8) is 0 Å². The Morgan fingerprint density at radius 1 is 1.11 bits per heavy atom. The Morgan fingerprint density at radius 3 is 2.64 bits per heavy atom. The Hall–Kier alpha value is -2.57. The molecule has 3 aromatic rings. The zero-order chi connectivity index (χ0) is 19.2. The lowest BCUT2D eigenvalue weighted by Crippen LogP contribution is -2.38. The zero-order valence-electron chi connectivity index (χ0n) is 15.7. The quantitative estimate of drug-likeness (QED) is 0.627. The lowest BCUT2D eigenvalue weighted by Gasteiger charge is -2.16. The molecule has 1 unspecified atom stereocenters. The van der Waals surface area contributed by atoms with Crippen molar-refractivity contribution < 1.29 is 4.79 Å². The van der Waals surface area contributed by atoms with E-state index in [1.54, 1.807) is 6.20 Å². The van der Waals surface area contributed by atoms with Crippen LogP contribution < -0.4 is 5.32 Å². The molecule has 0 radical (unpaired) electrons. The topological polar surface area (TPSA) is 50.2 Å². The molecule has 1 aliphatic rings. The van der Waals surface area contributed by atoms with Gasteiger partial charge in [-0.05, 0) is 24.1 Å². The van der Waals surface area contributed by atoms with E-state index >= 15 is 0 Å². The average molecular weight is 393 g/mol. The highest BCUT2D eigenvalue weighted by Gasteiger charge is 2.24. The number of benzene rings is 2. The highest BCUT2D eigenvalue weighted by atomic mass is 32.2. The molecule has 0 aliphatic carbocycles. The van der Waals surface area contributed by atoms with Gasteiger partial charge in [-0.25, -0.2) is 4.98 Å². The van der Waals surface area contributed by atoms with Crippen LogP contribution in [-0.4, -0.2) is 45.2 Å². The summed E-state index contributed by atoms with van der Waals surface area (Å²) in [5.74, 6) is 0.443. The van der Waals surface area contributed by atoms with Crippen molar-refractivity contribution in [3.8, 4) is 5.69 Å². The van der Waals surface area contributed by atoms with Crippen LogP contribution in [0, 0.1) is 0 Å². The number of amides is 1. The van der Waals surface area contributed by atoms with E-state index < -0.39 is 0 Å². The van der Waals surface area contributed by atoms with E-state index in [2.05, 4.69) is 39.5 Å². The van der Waals surface area contributed by atoms with E-state index in [1.807, 2.05) is 47.2 Å². The summed E-state index contributed by atoms with van der Waals surface area (Å²) in [7, 11) is 0. The minimum atomic E-state index is 0.0687. The van der Waals surface area contributed by atoms with Gasteiger partial charge in [0, 0.05) is 43.8 Å². The Balaban J connectivity index is 1.25. The van der Waals surface area contributed by atoms with Gasteiger partial charge in [0.25, 0.3) is 0 Å². The Bertz CT molecular complexity index is 897. The highest BCUT2D eigenvalue weighted by molar-refractivity contribution is 7.99. The number of nitrogens with zero attached hydrogens (tertiary/aromatic N) is 3. The van der Waals surface area contributed by atoms with Crippen LogP contribution in [0.25, 0.3) is 5.69 Å². The Morgan fingerprint density at radius 2 is 1.86 bits per heavy atom. The average Bonchev–Trinajstić information content (AvgIpc) is 3.37. The van der Waals surface area contributed by atoms with Gasteiger partial charge in [0.15, 0.2) is 5.16 Å². The number of para-hydroxylation sites is 1. The molecule has 144 valence electrons. The van der Waals surface area contributed by atoms with Crippen molar-refractivity contribution in [3.05, 3.63) is 78.6 Å². The van der Waals surface area contributed by atoms with Gasteiger partial charge in [-0.1, -0.05) is 60.3 Å². The standard InChI is InChI=1S/C22H24N4OS/c27-21(17-28-22-23-12-14-26(22)20-9-5-2-6-10-20)24-19-11-13-25(16-19)15-18-7-3-1-4-8-18/h1-10,12,14,19H,11,13,15-17H2,(H,24,27). The number of nitrogens with one attached hydrogen (secondary N) is 1. The van der Waals surface area contributed by atoms with Crippen LogP contribution in [0.2, 0.25) is 0 Å². The Kier molecular flexibility index (Phi) is 6.09. The van der Waals surface area contributed by atoms with E-state index in [0.717, 1.165) is 36.9 Å². The summed E-state index contributed by atoms with van der Waals surface area (Å²) in [4.78, 5) is 19.2. The van der Waals surface area contributed by atoms with Crippen LogP contribution in [0.3, 0.4) is 0 Å². The molecule has 0 saturated carbocycles. The molecule has 4 rings (SSSR count). The van der Waals surface area contributed by atoms with Gasteiger partial charge in [-0.3, -0.25) is 14.3 Å². The fourth-order valence-electron chi connectivity index (χ4n) is 3.52. The third-order valence-electron chi connectivity index (χ3n) is 4.86. The molecule has 1 saturated heterocycles. The highest BCUT2D eigenvalue weighted by Crippen LogP contribution is 2.20. The largest absolute Gasteiger partial charge is 0.351 e. The predicted octanol–water partition coefficient (Wildman–Crippen LogP) is 3.36. The van der Waals surface area contributed by atoms with Gasteiger partial charge < -0.3 is 5.32 Å². The predicted molar refractivity (Wildman–Crippen MR) is 113 cm³/mol. The fraction of sp³-hybridized carbons (Fsp3) is 0.273. The number of imidazole rings is 1. The summed E-state index contributed by atoms with van der Waals surface area (Å²) < 4.78 is 2.01. The van der Waals surface area contributed by atoms with Crippen molar-refractivity contribution in [2.45, 2.75) is 24.2 Å². The van der Waals surface area contributed by atoms with Crippen LogP contribution in [0.1, 0.15) is 12.0 Å². The van der Waals surface area contributed by atoms with E-state index in [9.17, 15) is 4.79 Å². The molecule has 1 amide bonds. The van der Waals surface area contributed by atoms with E-state index in [4.69, 9.17) is 0 Å². The lowest BCUT2D eigenvalue weighted by atomic mass is 10.2. The molecule has 1 aliphatic heterocycles. The van der Waals surface area contributed by atoms with Crippen LogP contribution >= 0.6 is 11.8 Å². The van der Waals surface area contributed by atoms with Gasteiger partial charge in [-0.2, -0.15) is 0 Å². The molecule has 1 N–H and O–H groups in total. The molecule has 28 heavy (non-hydrogen) atoms. The number of thioether (sulfide) groups is 1. The van der Waals surface area contributed by atoms with E-state index in [1.165, 1.54) is 17.3 Å². The maximum Gasteiger partial charge on any atom is 0.230 e. The number of carbonyl (C=O) groups is 1. The molecule has 5 nitrogen and oxygen atoms in total. The number of hydrogen-bond acceptors (Lipinski definition) is 4. The van der Waals surface area contributed by atoms with Crippen molar-refractivity contribution >= 4 is 17.7 Å². The van der Waals surface area contributed by atoms with Crippen molar-refractivity contribution in [2.24, 2.45) is 0 Å². The van der Waals surface area contributed by atoms with E-state index in [-0.39, 0.29) is 11.9 Å².